The zero-order valence-corrected chi connectivity index (χ0v) is 15.7. The van der Waals surface area contributed by atoms with Gasteiger partial charge in [0.05, 0.1) is 17.9 Å². The highest BCUT2D eigenvalue weighted by Crippen LogP contribution is 2.25. The summed E-state index contributed by atoms with van der Waals surface area (Å²) >= 11 is 6.03. The van der Waals surface area contributed by atoms with Crippen LogP contribution in [0, 0.1) is 0 Å². The maximum Gasteiger partial charge on any atom is 0.413 e. The van der Waals surface area contributed by atoms with Gasteiger partial charge in [-0.1, -0.05) is 11.6 Å². The fourth-order valence-electron chi connectivity index (χ4n) is 2.66. The van der Waals surface area contributed by atoms with E-state index in [1.54, 1.807) is 29.3 Å². The van der Waals surface area contributed by atoms with Crippen molar-refractivity contribution >= 4 is 39.8 Å². The molecule has 0 aliphatic rings. The van der Waals surface area contributed by atoms with Crippen LogP contribution in [-0.2, 0) is 0 Å². The molecule has 0 spiro atoms. The molecule has 0 saturated heterocycles. The molecule has 1 aromatic carbocycles. The van der Waals surface area contributed by atoms with Crippen molar-refractivity contribution in [2.24, 2.45) is 0 Å². The third kappa shape index (κ3) is 3.43. The third-order valence-corrected chi connectivity index (χ3v) is 4.00. The van der Waals surface area contributed by atoms with Gasteiger partial charge in [0.25, 0.3) is 0 Å². The lowest BCUT2D eigenvalue weighted by atomic mass is 10.1. The number of fused-ring (bicyclic) bond motifs is 2. The monoisotopic (exact) mass is 384 g/mol. The van der Waals surface area contributed by atoms with Crippen molar-refractivity contribution in [3.05, 3.63) is 41.8 Å². The predicted octanol–water partition coefficient (Wildman–Crippen LogP) is 3.84. The van der Waals surface area contributed by atoms with Gasteiger partial charge in [-0.05, 0) is 39.0 Å². The van der Waals surface area contributed by atoms with Crippen molar-refractivity contribution in [1.82, 2.24) is 30.0 Å². The van der Waals surface area contributed by atoms with Crippen LogP contribution in [-0.4, -0.2) is 36.4 Å². The Labute approximate surface area is 159 Å². The minimum absolute atomic E-state index is 0.292. The van der Waals surface area contributed by atoms with Crippen LogP contribution in [0.15, 0.2) is 36.8 Å². The largest absolute Gasteiger partial charge is 0.413 e. The zero-order chi connectivity index (χ0) is 19.2. The second kappa shape index (κ2) is 6.24. The van der Waals surface area contributed by atoms with E-state index in [0.29, 0.717) is 27.8 Å². The molecule has 0 radical (unpaired) electrons. The van der Waals surface area contributed by atoms with E-state index in [9.17, 15) is 4.79 Å². The Morgan fingerprint density at radius 3 is 2.89 bits per heavy atom. The minimum Gasteiger partial charge on any atom is -0.406 e. The molecule has 138 valence electrons. The van der Waals surface area contributed by atoms with Crippen LogP contribution in [0.25, 0.3) is 27.9 Å². The van der Waals surface area contributed by atoms with Gasteiger partial charge < -0.3 is 15.0 Å². The lowest BCUT2D eigenvalue weighted by Gasteiger charge is -2.19. The molecular formula is C18H17ClN6O2. The molecule has 0 fully saturated rings. The molecule has 0 unspecified atom stereocenters. The number of hydrogen-bond acceptors (Lipinski definition) is 5. The number of amides is 1. The topological polar surface area (TPSA) is 97.7 Å². The summed E-state index contributed by atoms with van der Waals surface area (Å²) in [6.45, 7) is 5.61. The number of hydrogen-bond donors (Lipinski definition) is 2. The Morgan fingerprint density at radius 2 is 2.11 bits per heavy atom. The van der Waals surface area contributed by atoms with E-state index >= 15 is 0 Å². The molecule has 27 heavy (non-hydrogen) atoms. The van der Waals surface area contributed by atoms with Gasteiger partial charge in [-0.25, -0.2) is 19.4 Å². The van der Waals surface area contributed by atoms with Crippen molar-refractivity contribution in [3.63, 3.8) is 0 Å². The first kappa shape index (κ1) is 17.3. The summed E-state index contributed by atoms with van der Waals surface area (Å²) in [5.74, 6) is 0.793. The number of H-pyrrole nitrogens is 1. The fourth-order valence-corrected chi connectivity index (χ4v) is 2.84. The van der Waals surface area contributed by atoms with Gasteiger partial charge in [0, 0.05) is 22.1 Å². The zero-order valence-electron chi connectivity index (χ0n) is 14.9. The number of carbonyl (C=O) groups excluding carboxylic acids is 1. The first-order valence-electron chi connectivity index (χ1n) is 8.28. The van der Waals surface area contributed by atoms with E-state index in [1.165, 1.54) is 0 Å². The van der Waals surface area contributed by atoms with Crippen molar-refractivity contribution in [1.29, 1.82) is 0 Å². The molecule has 0 saturated carbocycles. The average Bonchev–Trinajstić information content (AvgIpc) is 3.16. The molecule has 4 aromatic rings. The molecule has 0 aliphatic heterocycles. The van der Waals surface area contributed by atoms with E-state index < -0.39 is 11.6 Å². The number of aromatic amines is 1. The summed E-state index contributed by atoms with van der Waals surface area (Å²) < 4.78 is 7.05. The van der Waals surface area contributed by atoms with Gasteiger partial charge in [0.2, 0.25) is 0 Å². The van der Waals surface area contributed by atoms with E-state index in [-0.39, 0.29) is 0 Å². The highest BCUT2D eigenvalue weighted by atomic mass is 35.5. The Hall–Kier alpha value is -3.13. The summed E-state index contributed by atoms with van der Waals surface area (Å²) in [5.41, 5.74) is 1.39. The van der Waals surface area contributed by atoms with Crippen LogP contribution < -0.4 is 10.1 Å². The number of nitrogens with one attached hydrogen (secondary N) is 2. The van der Waals surface area contributed by atoms with Crippen molar-refractivity contribution in [2.45, 2.75) is 26.3 Å². The summed E-state index contributed by atoms with van der Waals surface area (Å²) in [4.78, 5) is 23.9. The Kier molecular flexibility index (Phi) is 4.00. The number of ether oxygens (including phenoxy) is 1. The molecule has 4 rings (SSSR count). The summed E-state index contributed by atoms with van der Waals surface area (Å²) in [7, 11) is 0. The summed E-state index contributed by atoms with van der Waals surface area (Å²) in [6.07, 6.45) is 4.30. The van der Waals surface area contributed by atoms with Gasteiger partial charge in [0.15, 0.2) is 22.7 Å². The van der Waals surface area contributed by atoms with Crippen LogP contribution in [0.5, 0.6) is 5.75 Å². The second-order valence-electron chi connectivity index (χ2n) is 7.10. The first-order chi connectivity index (χ1) is 12.8. The van der Waals surface area contributed by atoms with E-state index in [1.807, 2.05) is 32.9 Å². The number of halogens is 1. The third-order valence-electron chi connectivity index (χ3n) is 3.76. The van der Waals surface area contributed by atoms with E-state index in [4.69, 9.17) is 16.3 Å². The number of rotatable bonds is 2. The normalized spacial score (nSPS) is 11.9. The van der Waals surface area contributed by atoms with Gasteiger partial charge in [-0.2, -0.15) is 5.10 Å². The Balaban J connectivity index is 1.72. The summed E-state index contributed by atoms with van der Waals surface area (Å²) in [5, 5.41) is 8.63. The fraction of sp³-hybridized carbons (Fsp3) is 0.222. The maximum absolute atomic E-state index is 12.1. The highest BCUT2D eigenvalue weighted by molar-refractivity contribution is 6.31. The lowest BCUT2D eigenvalue weighted by Crippen LogP contribution is -2.42. The second-order valence-corrected chi connectivity index (χ2v) is 7.54. The molecule has 8 nitrogen and oxygen atoms in total. The molecule has 3 heterocycles. The van der Waals surface area contributed by atoms with Crippen LogP contribution >= 0.6 is 11.6 Å². The highest BCUT2D eigenvalue weighted by Gasteiger charge is 2.18. The van der Waals surface area contributed by atoms with Crippen molar-refractivity contribution in [2.75, 3.05) is 0 Å². The predicted molar refractivity (Wildman–Crippen MR) is 102 cm³/mol. The molecule has 0 bridgehead atoms. The van der Waals surface area contributed by atoms with Crippen LogP contribution in [0.1, 0.15) is 20.8 Å². The van der Waals surface area contributed by atoms with E-state index in [0.717, 1.165) is 10.9 Å². The number of nitrogens with zero attached hydrogens (tertiary/aromatic N) is 4. The van der Waals surface area contributed by atoms with Crippen LogP contribution in [0.3, 0.4) is 0 Å². The van der Waals surface area contributed by atoms with Gasteiger partial charge >= 0.3 is 6.09 Å². The lowest BCUT2D eigenvalue weighted by molar-refractivity contribution is 0.191. The Morgan fingerprint density at radius 1 is 1.30 bits per heavy atom. The molecular weight excluding hydrogens is 368 g/mol. The number of aromatic nitrogens is 5. The molecule has 9 heteroatoms. The molecule has 0 aliphatic carbocycles. The number of carbonyl (C=O) groups is 1. The first-order valence-corrected chi connectivity index (χ1v) is 8.66. The van der Waals surface area contributed by atoms with Crippen LogP contribution in [0.4, 0.5) is 4.79 Å². The van der Waals surface area contributed by atoms with Gasteiger partial charge in [0.1, 0.15) is 0 Å². The summed E-state index contributed by atoms with van der Waals surface area (Å²) in [6, 6.07) is 5.48. The standard InChI is InChI=1S/C18H17ClN6O2/c1-18(2,3)24-17(26)27-13-8-20-16-15(13)23-14(9-21-16)25-12-5-4-11(19)6-10(12)7-22-25/h4-9H,1-3H3,(H,20,21)(H,24,26). The molecule has 1 amide bonds. The molecule has 3 aromatic heterocycles. The smallest absolute Gasteiger partial charge is 0.406 e. The maximum atomic E-state index is 12.1. The molecule has 2 N–H and O–H groups in total. The number of benzene rings is 1. The van der Waals surface area contributed by atoms with Crippen molar-refractivity contribution in [3.8, 4) is 11.6 Å². The van der Waals surface area contributed by atoms with Crippen LogP contribution in [0.2, 0.25) is 5.02 Å². The average molecular weight is 385 g/mol. The van der Waals surface area contributed by atoms with E-state index in [2.05, 4.69) is 25.4 Å². The van der Waals surface area contributed by atoms with Crippen molar-refractivity contribution < 1.29 is 9.53 Å². The minimum atomic E-state index is -0.560. The van der Waals surface area contributed by atoms with Gasteiger partial charge in [-0.15, -0.1) is 0 Å². The molecule has 0 atom stereocenters. The van der Waals surface area contributed by atoms with Gasteiger partial charge in [-0.3, -0.25) is 0 Å². The quantitative estimate of drug-likeness (QED) is 0.547. The SMILES string of the molecule is CC(C)(C)NC(=O)Oc1c[nH]c2ncc(-n3ncc4cc(Cl)ccc43)nc12. The Bertz CT molecular complexity index is 1160.